The minimum Gasteiger partial charge on any atom is -0.299 e. The van der Waals surface area contributed by atoms with Crippen molar-refractivity contribution in [1.82, 2.24) is 9.88 Å². The van der Waals surface area contributed by atoms with Crippen LogP contribution >= 0.6 is 11.3 Å². The number of hydrogen-bond donors (Lipinski definition) is 0. The van der Waals surface area contributed by atoms with E-state index < -0.39 is 0 Å². The standard InChI is InChI=1S/C12H18N2OS/c1-8-6-14(5-4-11(8)15)10(3)12-13-9(2)7-16-12/h7-8,10H,4-6H2,1-3H3. The second-order valence-corrected chi connectivity index (χ2v) is 5.51. The van der Waals surface area contributed by atoms with E-state index in [4.69, 9.17) is 0 Å². The Labute approximate surface area is 100 Å². The van der Waals surface area contributed by atoms with Crippen LogP contribution in [0.3, 0.4) is 0 Å². The number of rotatable bonds is 2. The molecule has 0 bridgehead atoms. The summed E-state index contributed by atoms with van der Waals surface area (Å²) in [6.45, 7) is 7.98. The van der Waals surface area contributed by atoms with Crippen molar-refractivity contribution in [2.45, 2.75) is 33.2 Å². The van der Waals surface area contributed by atoms with Crippen molar-refractivity contribution in [2.24, 2.45) is 5.92 Å². The molecule has 2 atom stereocenters. The molecule has 3 nitrogen and oxygen atoms in total. The van der Waals surface area contributed by atoms with Crippen LogP contribution in [0.2, 0.25) is 0 Å². The molecule has 88 valence electrons. The molecule has 1 aliphatic heterocycles. The number of ketones is 1. The van der Waals surface area contributed by atoms with Crippen LogP contribution in [0, 0.1) is 12.8 Å². The van der Waals surface area contributed by atoms with E-state index in [1.54, 1.807) is 11.3 Å². The molecule has 1 aromatic rings. The van der Waals surface area contributed by atoms with Gasteiger partial charge in [-0.25, -0.2) is 4.98 Å². The van der Waals surface area contributed by atoms with Gasteiger partial charge < -0.3 is 0 Å². The van der Waals surface area contributed by atoms with Crippen LogP contribution < -0.4 is 0 Å². The predicted octanol–water partition coefficient (Wildman–Crippen LogP) is 2.42. The second-order valence-electron chi connectivity index (χ2n) is 4.62. The van der Waals surface area contributed by atoms with Gasteiger partial charge in [0.2, 0.25) is 0 Å². The molecule has 0 aliphatic carbocycles. The number of Topliss-reactive ketones (excluding diaryl/α,β-unsaturated/α-hetero) is 1. The fraction of sp³-hybridized carbons (Fsp3) is 0.667. The highest BCUT2D eigenvalue weighted by Crippen LogP contribution is 2.27. The van der Waals surface area contributed by atoms with Gasteiger partial charge in [-0.15, -0.1) is 11.3 Å². The Bertz CT molecular complexity index is 388. The molecule has 4 heteroatoms. The van der Waals surface area contributed by atoms with Crippen molar-refractivity contribution in [3.8, 4) is 0 Å². The summed E-state index contributed by atoms with van der Waals surface area (Å²) in [7, 11) is 0. The van der Waals surface area contributed by atoms with Crippen LogP contribution in [0.1, 0.15) is 37.0 Å². The van der Waals surface area contributed by atoms with E-state index in [2.05, 4.69) is 22.2 Å². The number of carbonyl (C=O) groups is 1. The third kappa shape index (κ3) is 2.33. The first-order valence-corrected chi connectivity index (χ1v) is 6.64. The second kappa shape index (κ2) is 4.63. The van der Waals surface area contributed by atoms with Gasteiger partial charge in [-0.1, -0.05) is 6.92 Å². The average molecular weight is 238 g/mol. The van der Waals surface area contributed by atoms with Gasteiger partial charge in [0, 0.05) is 36.5 Å². The Morgan fingerprint density at radius 2 is 2.38 bits per heavy atom. The van der Waals surface area contributed by atoms with Gasteiger partial charge in [-0.05, 0) is 13.8 Å². The molecule has 16 heavy (non-hydrogen) atoms. The molecule has 0 spiro atoms. The zero-order valence-electron chi connectivity index (χ0n) is 10.1. The first-order valence-electron chi connectivity index (χ1n) is 5.76. The van der Waals surface area contributed by atoms with Crippen LogP contribution in [0.25, 0.3) is 0 Å². The molecule has 1 aliphatic rings. The largest absolute Gasteiger partial charge is 0.299 e. The summed E-state index contributed by atoms with van der Waals surface area (Å²) in [5.74, 6) is 0.580. The van der Waals surface area contributed by atoms with Crippen LogP contribution in [-0.2, 0) is 4.79 Å². The van der Waals surface area contributed by atoms with Gasteiger partial charge in [0.25, 0.3) is 0 Å². The van der Waals surface area contributed by atoms with Gasteiger partial charge in [0.05, 0.1) is 6.04 Å². The summed E-state index contributed by atoms with van der Waals surface area (Å²) >= 11 is 1.72. The number of nitrogens with zero attached hydrogens (tertiary/aromatic N) is 2. The molecule has 1 aromatic heterocycles. The van der Waals surface area contributed by atoms with Gasteiger partial charge >= 0.3 is 0 Å². The predicted molar refractivity (Wildman–Crippen MR) is 65.6 cm³/mol. The first-order chi connectivity index (χ1) is 7.58. The number of carbonyl (C=O) groups excluding carboxylic acids is 1. The van der Waals surface area contributed by atoms with E-state index in [0.717, 1.165) is 18.8 Å². The molecule has 0 radical (unpaired) electrons. The van der Waals surface area contributed by atoms with Crippen molar-refractivity contribution < 1.29 is 4.79 Å². The van der Waals surface area contributed by atoms with Crippen molar-refractivity contribution in [3.05, 3.63) is 16.1 Å². The van der Waals surface area contributed by atoms with E-state index >= 15 is 0 Å². The zero-order chi connectivity index (χ0) is 11.7. The SMILES string of the molecule is Cc1csc(C(C)N2CCC(=O)C(C)C2)n1. The molecule has 0 N–H and O–H groups in total. The Hall–Kier alpha value is -0.740. The first kappa shape index (κ1) is 11.7. The van der Waals surface area contributed by atoms with Crippen molar-refractivity contribution in [1.29, 1.82) is 0 Å². The highest BCUT2D eigenvalue weighted by Gasteiger charge is 2.28. The lowest BCUT2D eigenvalue weighted by atomic mass is 9.97. The van der Waals surface area contributed by atoms with E-state index in [1.165, 1.54) is 5.01 Å². The van der Waals surface area contributed by atoms with E-state index in [9.17, 15) is 4.79 Å². The lowest BCUT2D eigenvalue weighted by molar-refractivity contribution is -0.126. The molecule has 2 rings (SSSR count). The minimum atomic E-state index is 0.178. The summed E-state index contributed by atoms with van der Waals surface area (Å²) in [5, 5.41) is 3.25. The Kier molecular flexibility index (Phi) is 3.40. The van der Waals surface area contributed by atoms with Crippen LogP contribution in [0.4, 0.5) is 0 Å². The number of likely N-dealkylation sites (tertiary alicyclic amines) is 1. The number of thiazole rings is 1. The lowest BCUT2D eigenvalue weighted by Gasteiger charge is -2.33. The van der Waals surface area contributed by atoms with Crippen LogP contribution in [0.15, 0.2) is 5.38 Å². The van der Waals surface area contributed by atoms with Crippen molar-refractivity contribution in [3.63, 3.8) is 0 Å². The van der Waals surface area contributed by atoms with Crippen molar-refractivity contribution >= 4 is 17.1 Å². The molecule has 2 heterocycles. The summed E-state index contributed by atoms with van der Waals surface area (Å²) < 4.78 is 0. The third-order valence-corrected chi connectivity index (χ3v) is 4.38. The normalized spacial score (nSPS) is 24.7. The third-order valence-electron chi connectivity index (χ3n) is 3.25. The molecular formula is C12H18N2OS. The Morgan fingerprint density at radius 3 is 2.94 bits per heavy atom. The fourth-order valence-corrected chi connectivity index (χ4v) is 3.00. The van der Waals surface area contributed by atoms with E-state index in [1.807, 2.05) is 13.8 Å². The smallest absolute Gasteiger partial charge is 0.138 e. The molecule has 0 amide bonds. The quantitative estimate of drug-likeness (QED) is 0.793. The number of aryl methyl sites for hydroxylation is 1. The van der Waals surface area contributed by atoms with Gasteiger partial charge in [-0.2, -0.15) is 0 Å². The van der Waals surface area contributed by atoms with Crippen molar-refractivity contribution in [2.75, 3.05) is 13.1 Å². The molecule has 1 fully saturated rings. The maximum atomic E-state index is 11.5. The number of piperidine rings is 1. The number of hydrogen-bond acceptors (Lipinski definition) is 4. The highest BCUT2D eigenvalue weighted by atomic mass is 32.1. The van der Waals surface area contributed by atoms with Gasteiger partial charge in [0.15, 0.2) is 0 Å². The zero-order valence-corrected chi connectivity index (χ0v) is 10.9. The lowest BCUT2D eigenvalue weighted by Crippen LogP contribution is -2.40. The maximum absolute atomic E-state index is 11.5. The summed E-state index contributed by atoms with van der Waals surface area (Å²) in [5.41, 5.74) is 1.09. The van der Waals surface area contributed by atoms with E-state index in [0.29, 0.717) is 18.2 Å². The van der Waals surface area contributed by atoms with E-state index in [-0.39, 0.29) is 5.92 Å². The van der Waals surface area contributed by atoms with Gasteiger partial charge in [-0.3, -0.25) is 9.69 Å². The average Bonchev–Trinajstić information content (AvgIpc) is 2.68. The Balaban J connectivity index is 2.05. The molecule has 0 aromatic carbocycles. The summed E-state index contributed by atoms with van der Waals surface area (Å²) in [6.07, 6.45) is 0.690. The molecule has 1 saturated heterocycles. The monoisotopic (exact) mass is 238 g/mol. The minimum absolute atomic E-state index is 0.178. The van der Waals surface area contributed by atoms with Crippen LogP contribution in [0.5, 0.6) is 0 Å². The Morgan fingerprint density at radius 1 is 1.62 bits per heavy atom. The summed E-state index contributed by atoms with van der Waals surface area (Å²) in [4.78, 5) is 18.4. The highest BCUT2D eigenvalue weighted by molar-refractivity contribution is 7.09. The summed E-state index contributed by atoms with van der Waals surface area (Å²) in [6, 6.07) is 0.342. The number of aromatic nitrogens is 1. The van der Waals surface area contributed by atoms with Crippen LogP contribution in [-0.4, -0.2) is 28.8 Å². The topological polar surface area (TPSA) is 33.2 Å². The maximum Gasteiger partial charge on any atom is 0.138 e. The fourth-order valence-electron chi connectivity index (χ4n) is 2.12. The molecule has 2 unspecified atom stereocenters. The molecular weight excluding hydrogens is 220 g/mol. The van der Waals surface area contributed by atoms with Gasteiger partial charge in [0.1, 0.15) is 10.8 Å². The molecule has 0 saturated carbocycles.